The fourth-order valence-corrected chi connectivity index (χ4v) is 3.33. The van der Waals surface area contributed by atoms with Gasteiger partial charge < -0.3 is 10.2 Å². The van der Waals surface area contributed by atoms with E-state index in [1.54, 1.807) is 0 Å². The molecule has 0 radical (unpaired) electrons. The number of amides is 2. The van der Waals surface area contributed by atoms with Gasteiger partial charge in [-0.15, -0.1) is 0 Å². The van der Waals surface area contributed by atoms with Crippen molar-refractivity contribution in [3.8, 4) is 11.4 Å². The third-order valence-electron chi connectivity index (χ3n) is 4.91. The minimum atomic E-state index is 0.0213. The van der Waals surface area contributed by atoms with Crippen LogP contribution in [0.15, 0.2) is 36.5 Å². The summed E-state index contributed by atoms with van der Waals surface area (Å²) < 4.78 is 0. The molecule has 0 unspecified atom stereocenters. The first kappa shape index (κ1) is 15.1. The lowest BCUT2D eigenvalue weighted by atomic mass is 10.1. The molecule has 1 aliphatic heterocycles. The molecular weight excluding hydrogens is 300 g/mol. The normalized spacial score (nSPS) is 17.5. The molecule has 0 spiro atoms. The zero-order valence-corrected chi connectivity index (χ0v) is 13.9. The van der Waals surface area contributed by atoms with E-state index in [1.165, 1.54) is 12.8 Å². The molecule has 1 saturated carbocycles. The predicted molar refractivity (Wildman–Crippen MR) is 92.0 cm³/mol. The molecule has 5 heteroatoms. The van der Waals surface area contributed by atoms with Gasteiger partial charge in [0.15, 0.2) is 5.82 Å². The van der Waals surface area contributed by atoms with Crippen molar-refractivity contribution in [2.24, 2.45) is 5.92 Å². The molecule has 5 nitrogen and oxygen atoms in total. The molecule has 2 amide bonds. The number of benzene rings is 1. The van der Waals surface area contributed by atoms with Gasteiger partial charge in [0.25, 0.3) is 0 Å². The Hall–Kier alpha value is -2.43. The summed E-state index contributed by atoms with van der Waals surface area (Å²) in [6.45, 7) is 3.29. The summed E-state index contributed by atoms with van der Waals surface area (Å²) in [6.07, 6.45) is 5.33. The molecule has 0 bridgehead atoms. The smallest absolute Gasteiger partial charge is 0.318 e. The number of carbonyl (C=O) groups excluding carboxylic acids is 1. The van der Waals surface area contributed by atoms with Crippen LogP contribution in [0.4, 0.5) is 4.79 Å². The third kappa shape index (κ3) is 2.98. The zero-order valence-electron chi connectivity index (χ0n) is 13.9. The highest BCUT2D eigenvalue weighted by molar-refractivity contribution is 5.75. The maximum atomic E-state index is 12.5. The minimum Gasteiger partial charge on any atom is -0.335 e. The Morgan fingerprint density at radius 2 is 2.08 bits per heavy atom. The van der Waals surface area contributed by atoms with Gasteiger partial charge >= 0.3 is 6.03 Å². The van der Waals surface area contributed by atoms with Crippen LogP contribution in [0.1, 0.15) is 37.4 Å². The molecule has 1 aromatic heterocycles. The SMILES string of the molecule is CC[C@H](NC(=O)N1Cc2cnc(-c3ccccc3)nc2C1)C1CC1. The standard InChI is InChI=1S/C19H22N4O/c1-2-16(13-8-9-13)22-19(24)23-11-15-10-20-18(21-17(15)12-23)14-6-4-3-5-7-14/h3-7,10,13,16H,2,8-9,11-12H2,1H3,(H,22,24)/t16-/m0/s1. The van der Waals surface area contributed by atoms with Crippen LogP contribution in [0.25, 0.3) is 11.4 Å². The van der Waals surface area contributed by atoms with Crippen LogP contribution >= 0.6 is 0 Å². The first-order valence-corrected chi connectivity index (χ1v) is 8.70. The number of fused-ring (bicyclic) bond motifs is 1. The van der Waals surface area contributed by atoms with Crippen molar-refractivity contribution in [1.29, 1.82) is 0 Å². The molecule has 2 heterocycles. The Balaban J connectivity index is 1.46. The number of hydrogen-bond donors (Lipinski definition) is 1. The molecule has 1 fully saturated rings. The summed E-state index contributed by atoms with van der Waals surface area (Å²) in [5.74, 6) is 1.40. The lowest BCUT2D eigenvalue weighted by Gasteiger charge is -2.21. The van der Waals surface area contributed by atoms with Gasteiger partial charge in [-0.3, -0.25) is 0 Å². The number of nitrogens with zero attached hydrogens (tertiary/aromatic N) is 3. The highest BCUT2D eigenvalue weighted by atomic mass is 16.2. The van der Waals surface area contributed by atoms with Gasteiger partial charge in [0.05, 0.1) is 18.8 Å². The lowest BCUT2D eigenvalue weighted by Crippen LogP contribution is -2.43. The van der Waals surface area contributed by atoms with Crippen LogP contribution in [0, 0.1) is 5.92 Å². The molecule has 24 heavy (non-hydrogen) atoms. The molecule has 2 aliphatic rings. The second-order valence-corrected chi connectivity index (χ2v) is 6.69. The maximum Gasteiger partial charge on any atom is 0.318 e. The number of hydrogen-bond acceptors (Lipinski definition) is 3. The summed E-state index contributed by atoms with van der Waals surface area (Å²) in [5, 5.41) is 3.19. The third-order valence-corrected chi connectivity index (χ3v) is 4.91. The fourth-order valence-electron chi connectivity index (χ4n) is 3.33. The average Bonchev–Trinajstić information content (AvgIpc) is 3.37. The Bertz CT molecular complexity index is 742. The monoisotopic (exact) mass is 322 g/mol. The average molecular weight is 322 g/mol. The van der Waals surface area contributed by atoms with Crippen LogP contribution in [0.3, 0.4) is 0 Å². The van der Waals surface area contributed by atoms with E-state index in [1.807, 2.05) is 41.4 Å². The summed E-state index contributed by atoms with van der Waals surface area (Å²) in [6, 6.07) is 10.3. The molecule has 0 saturated heterocycles. The second kappa shape index (κ2) is 6.23. The van der Waals surface area contributed by atoms with Crippen molar-refractivity contribution in [3.05, 3.63) is 47.8 Å². The van der Waals surface area contributed by atoms with E-state index in [-0.39, 0.29) is 6.03 Å². The number of urea groups is 1. The van der Waals surface area contributed by atoms with Gasteiger partial charge in [0.1, 0.15) is 0 Å². The highest BCUT2D eigenvalue weighted by Gasteiger charge is 2.33. The first-order chi connectivity index (χ1) is 11.7. The molecule has 4 rings (SSSR count). The molecule has 1 atom stereocenters. The molecule has 2 aromatic rings. The van der Waals surface area contributed by atoms with E-state index < -0.39 is 0 Å². The van der Waals surface area contributed by atoms with Crippen LogP contribution < -0.4 is 5.32 Å². The lowest BCUT2D eigenvalue weighted by molar-refractivity contribution is 0.192. The van der Waals surface area contributed by atoms with E-state index in [0.29, 0.717) is 25.0 Å². The van der Waals surface area contributed by atoms with Crippen molar-refractivity contribution in [2.75, 3.05) is 0 Å². The van der Waals surface area contributed by atoms with Gasteiger partial charge in [-0.05, 0) is 25.2 Å². The van der Waals surface area contributed by atoms with Crippen molar-refractivity contribution in [2.45, 2.75) is 45.3 Å². The molecule has 1 N–H and O–H groups in total. The van der Waals surface area contributed by atoms with E-state index in [2.05, 4.69) is 22.2 Å². The van der Waals surface area contributed by atoms with E-state index in [0.717, 1.165) is 29.1 Å². The summed E-state index contributed by atoms with van der Waals surface area (Å²) in [5.41, 5.74) is 3.01. The van der Waals surface area contributed by atoms with Gasteiger partial charge in [-0.2, -0.15) is 0 Å². The van der Waals surface area contributed by atoms with Crippen LogP contribution in [-0.4, -0.2) is 26.9 Å². The van der Waals surface area contributed by atoms with E-state index in [4.69, 9.17) is 0 Å². The first-order valence-electron chi connectivity index (χ1n) is 8.70. The van der Waals surface area contributed by atoms with Crippen molar-refractivity contribution >= 4 is 6.03 Å². The predicted octanol–water partition coefficient (Wildman–Crippen LogP) is 3.36. The van der Waals surface area contributed by atoms with E-state index >= 15 is 0 Å². The van der Waals surface area contributed by atoms with Crippen LogP contribution in [0.2, 0.25) is 0 Å². The van der Waals surface area contributed by atoms with Gasteiger partial charge in [-0.25, -0.2) is 14.8 Å². The van der Waals surface area contributed by atoms with E-state index in [9.17, 15) is 4.79 Å². The maximum absolute atomic E-state index is 12.5. The summed E-state index contributed by atoms with van der Waals surface area (Å²) >= 11 is 0. The Labute approximate surface area is 142 Å². The number of rotatable bonds is 4. The Morgan fingerprint density at radius 1 is 1.29 bits per heavy atom. The minimum absolute atomic E-state index is 0.0213. The Kier molecular flexibility index (Phi) is 3.92. The fraction of sp³-hybridized carbons (Fsp3) is 0.421. The van der Waals surface area contributed by atoms with Crippen molar-refractivity contribution in [3.63, 3.8) is 0 Å². The van der Waals surface area contributed by atoms with Gasteiger partial charge in [0, 0.05) is 23.4 Å². The molecule has 1 aromatic carbocycles. The van der Waals surface area contributed by atoms with Crippen molar-refractivity contribution < 1.29 is 4.79 Å². The number of nitrogens with one attached hydrogen (secondary N) is 1. The van der Waals surface area contributed by atoms with Gasteiger partial charge in [-0.1, -0.05) is 37.3 Å². The highest BCUT2D eigenvalue weighted by Crippen LogP contribution is 2.34. The quantitative estimate of drug-likeness (QED) is 0.939. The number of carbonyl (C=O) groups is 1. The molecule has 1 aliphatic carbocycles. The van der Waals surface area contributed by atoms with Gasteiger partial charge in [0.2, 0.25) is 0 Å². The zero-order chi connectivity index (χ0) is 16.5. The van der Waals surface area contributed by atoms with Crippen molar-refractivity contribution in [1.82, 2.24) is 20.2 Å². The number of aromatic nitrogens is 2. The molecular formula is C19H22N4O. The van der Waals surface area contributed by atoms with Crippen LogP contribution in [-0.2, 0) is 13.1 Å². The topological polar surface area (TPSA) is 58.1 Å². The second-order valence-electron chi connectivity index (χ2n) is 6.69. The summed E-state index contributed by atoms with van der Waals surface area (Å²) in [7, 11) is 0. The largest absolute Gasteiger partial charge is 0.335 e. The Morgan fingerprint density at radius 3 is 2.79 bits per heavy atom. The summed E-state index contributed by atoms with van der Waals surface area (Å²) in [4.78, 5) is 23.5. The van der Waals surface area contributed by atoms with Crippen LogP contribution in [0.5, 0.6) is 0 Å². The molecule has 124 valence electrons.